The van der Waals surface area contributed by atoms with Gasteiger partial charge in [-0.1, -0.05) is 18.2 Å². The molecule has 0 radical (unpaired) electrons. The van der Waals surface area contributed by atoms with E-state index in [2.05, 4.69) is 31.8 Å². The van der Waals surface area contributed by atoms with Gasteiger partial charge in [-0.3, -0.25) is 0 Å². The molecular formula is C13H12BrN3OS. The van der Waals surface area contributed by atoms with E-state index in [0.717, 1.165) is 20.6 Å². The van der Waals surface area contributed by atoms with Crippen LogP contribution in [0.5, 0.6) is 0 Å². The Morgan fingerprint density at radius 2 is 2.21 bits per heavy atom. The molecule has 2 rings (SSSR count). The van der Waals surface area contributed by atoms with E-state index in [4.69, 9.17) is 0 Å². The third-order valence-corrected chi connectivity index (χ3v) is 3.97. The number of anilines is 1. The van der Waals surface area contributed by atoms with Gasteiger partial charge in [-0.2, -0.15) is 5.10 Å². The molecule has 4 nitrogen and oxygen atoms in total. The number of benzene rings is 1. The summed E-state index contributed by atoms with van der Waals surface area (Å²) in [5.74, 6) is 0. The number of urea groups is 1. The van der Waals surface area contributed by atoms with E-state index in [1.165, 1.54) is 11.3 Å². The SMILES string of the molecule is Cc1ccccc1NC(=O)NN=Cc1cc(Br)cs1. The molecule has 6 heteroatoms. The summed E-state index contributed by atoms with van der Waals surface area (Å²) < 4.78 is 1.00. The average Bonchev–Trinajstić information content (AvgIpc) is 2.78. The van der Waals surface area contributed by atoms with Gasteiger partial charge in [0.15, 0.2) is 0 Å². The Hall–Kier alpha value is -1.66. The third kappa shape index (κ3) is 4.18. The third-order valence-electron chi connectivity index (χ3n) is 2.34. The second-order valence-electron chi connectivity index (χ2n) is 3.81. The van der Waals surface area contributed by atoms with Crippen molar-refractivity contribution in [3.05, 3.63) is 50.6 Å². The van der Waals surface area contributed by atoms with Crippen molar-refractivity contribution in [1.82, 2.24) is 5.43 Å². The highest BCUT2D eigenvalue weighted by atomic mass is 79.9. The number of hydrogen-bond acceptors (Lipinski definition) is 3. The Labute approximate surface area is 123 Å². The molecule has 1 aromatic carbocycles. The summed E-state index contributed by atoms with van der Waals surface area (Å²) in [4.78, 5) is 12.6. The van der Waals surface area contributed by atoms with Crippen LogP contribution in [0.3, 0.4) is 0 Å². The Bertz CT molecular complexity index is 609. The molecule has 2 aromatic rings. The molecule has 2 amide bonds. The minimum absolute atomic E-state index is 0.360. The molecule has 0 unspecified atom stereocenters. The fourth-order valence-electron chi connectivity index (χ4n) is 1.41. The van der Waals surface area contributed by atoms with Crippen LogP contribution in [0.4, 0.5) is 10.5 Å². The highest BCUT2D eigenvalue weighted by Crippen LogP contribution is 2.17. The number of aryl methyl sites for hydroxylation is 1. The molecule has 0 saturated heterocycles. The van der Waals surface area contributed by atoms with E-state index in [-0.39, 0.29) is 6.03 Å². The molecule has 98 valence electrons. The summed E-state index contributed by atoms with van der Waals surface area (Å²) in [7, 11) is 0. The predicted molar refractivity (Wildman–Crippen MR) is 82.9 cm³/mol. The van der Waals surface area contributed by atoms with E-state index in [9.17, 15) is 4.79 Å². The number of halogens is 1. The number of carbonyl (C=O) groups excluding carboxylic acids is 1. The maximum Gasteiger partial charge on any atom is 0.339 e. The quantitative estimate of drug-likeness (QED) is 0.646. The van der Waals surface area contributed by atoms with E-state index in [0.29, 0.717) is 0 Å². The normalized spacial score (nSPS) is 10.6. The van der Waals surface area contributed by atoms with Crippen LogP contribution >= 0.6 is 27.3 Å². The highest BCUT2D eigenvalue weighted by Gasteiger charge is 2.01. The minimum Gasteiger partial charge on any atom is -0.306 e. The van der Waals surface area contributed by atoms with Gasteiger partial charge in [0.05, 0.1) is 6.21 Å². The van der Waals surface area contributed by atoms with Gasteiger partial charge in [0.25, 0.3) is 0 Å². The fraction of sp³-hybridized carbons (Fsp3) is 0.0769. The largest absolute Gasteiger partial charge is 0.339 e. The number of nitrogens with one attached hydrogen (secondary N) is 2. The van der Waals surface area contributed by atoms with Gasteiger partial charge in [0, 0.05) is 20.4 Å². The van der Waals surface area contributed by atoms with Crippen molar-refractivity contribution < 1.29 is 4.79 Å². The summed E-state index contributed by atoms with van der Waals surface area (Å²) in [6, 6.07) is 9.13. The summed E-state index contributed by atoms with van der Waals surface area (Å²) in [5, 5.41) is 8.57. The summed E-state index contributed by atoms with van der Waals surface area (Å²) >= 11 is 4.89. The maximum atomic E-state index is 11.6. The van der Waals surface area contributed by atoms with Crippen LogP contribution in [0, 0.1) is 6.92 Å². The first kappa shape index (κ1) is 13.8. The van der Waals surface area contributed by atoms with Gasteiger partial charge < -0.3 is 5.32 Å². The molecule has 0 fully saturated rings. The maximum absolute atomic E-state index is 11.6. The first-order valence-corrected chi connectivity index (χ1v) is 7.22. The fourth-order valence-corrected chi connectivity index (χ4v) is 2.72. The zero-order valence-corrected chi connectivity index (χ0v) is 12.6. The van der Waals surface area contributed by atoms with E-state index in [1.807, 2.05) is 42.6 Å². The molecule has 0 aliphatic rings. The number of carbonyl (C=O) groups is 1. The smallest absolute Gasteiger partial charge is 0.306 e. The first-order chi connectivity index (χ1) is 9.15. The number of thiophene rings is 1. The van der Waals surface area contributed by atoms with Gasteiger partial charge in [-0.15, -0.1) is 11.3 Å². The van der Waals surface area contributed by atoms with Crippen LogP contribution < -0.4 is 10.7 Å². The molecule has 0 aliphatic heterocycles. The number of amides is 2. The summed E-state index contributed by atoms with van der Waals surface area (Å²) in [5.41, 5.74) is 4.20. The van der Waals surface area contributed by atoms with Crippen molar-refractivity contribution in [3.8, 4) is 0 Å². The van der Waals surface area contributed by atoms with E-state index < -0.39 is 0 Å². The highest BCUT2D eigenvalue weighted by molar-refractivity contribution is 9.10. The molecule has 0 spiro atoms. The zero-order chi connectivity index (χ0) is 13.7. The Balaban J connectivity index is 1.88. The Morgan fingerprint density at radius 1 is 1.42 bits per heavy atom. The molecule has 0 saturated carbocycles. The van der Waals surface area contributed by atoms with Crippen molar-refractivity contribution in [3.63, 3.8) is 0 Å². The molecule has 0 bridgehead atoms. The van der Waals surface area contributed by atoms with Crippen LogP contribution in [-0.2, 0) is 0 Å². The number of rotatable bonds is 3. The molecule has 0 aliphatic carbocycles. The zero-order valence-electron chi connectivity index (χ0n) is 10.2. The van der Waals surface area contributed by atoms with Gasteiger partial charge in [0.1, 0.15) is 0 Å². The number of nitrogens with zero attached hydrogens (tertiary/aromatic N) is 1. The molecule has 19 heavy (non-hydrogen) atoms. The minimum atomic E-state index is -0.360. The van der Waals surface area contributed by atoms with Gasteiger partial charge >= 0.3 is 6.03 Å². The van der Waals surface area contributed by atoms with Crippen molar-refractivity contribution in [2.75, 3.05) is 5.32 Å². The van der Waals surface area contributed by atoms with Crippen LogP contribution in [0.15, 0.2) is 45.3 Å². The predicted octanol–water partition coefficient (Wildman–Crippen LogP) is 3.97. The average molecular weight is 338 g/mol. The first-order valence-electron chi connectivity index (χ1n) is 5.55. The topological polar surface area (TPSA) is 53.5 Å². The Kier molecular flexibility index (Phi) is 4.70. The van der Waals surface area contributed by atoms with Crippen LogP contribution in [0.25, 0.3) is 0 Å². The van der Waals surface area contributed by atoms with Gasteiger partial charge in [-0.05, 0) is 40.5 Å². The summed E-state index contributed by atoms with van der Waals surface area (Å²) in [6.07, 6.45) is 1.60. The molecular weight excluding hydrogens is 326 g/mol. The molecule has 1 heterocycles. The summed E-state index contributed by atoms with van der Waals surface area (Å²) in [6.45, 7) is 1.93. The van der Waals surface area contributed by atoms with E-state index in [1.54, 1.807) is 6.21 Å². The van der Waals surface area contributed by atoms with Gasteiger partial charge in [0.2, 0.25) is 0 Å². The van der Waals surface area contributed by atoms with Crippen molar-refractivity contribution in [2.45, 2.75) is 6.92 Å². The second-order valence-corrected chi connectivity index (χ2v) is 5.66. The van der Waals surface area contributed by atoms with Crippen molar-refractivity contribution in [1.29, 1.82) is 0 Å². The standard InChI is InChI=1S/C13H12BrN3OS/c1-9-4-2-3-5-12(9)16-13(18)17-15-7-11-6-10(14)8-19-11/h2-8H,1H3,(H2,16,17,18). The lowest BCUT2D eigenvalue weighted by Crippen LogP contribution is -2.24. The lowest BCUT2D eigenvalue weighted by atomic mass is 10.2. The lowest BCUT2D eigenvalue weighted by molar-refractivity contribution is 0.252. The lowest BCUT2D eigenvalue weighted by Gasteiger charge is -2.06. The monoisotopic (exact) mass is 337 g/mol. The number of hydrazone groups is 1. The van der Waals surface area contributed by atoms with Crippen LogP contribution in [0.2, 0.25) is 0 Å². The van der Waals surface area contributed by atoms with Crippen LogP contribution in [0.1, 0.15) is 10.4 Å². The molecule has 1 aromatic heterocycles. The molecule has 2 N–H and O–H groups in total. The Morgan fingerprint density at radius 3 is 2.89 bits per heavy atom. The van der Waals surface area contributed by atoms with Crippen LogP contribution in [-0.4, -0.2) is 12.2 Å². The second kappa shape index (κ2) is 6.49. The van der Waals surface area contributed by atoms with Crippen molar-refractivity contribution in [2.24, 2.45) is 5.10 Å². The van der Waals surface area contributed by atoms with Gasteiger partial charge in [-0.25, -0.2) is 10.2 Å². The van der Waals surface area contributed by atoms with Crippen molar-refractivity contribution >= 4 is 45.2 Å². The number of hydrogen-bond donors (Lipinski definition) is 2. The van der Waals surface area contributed by atoms with E-state index >= 15 is 0 Å². The molecule has 0 atom stereocenters. The number of para-hydroxylation sites is 1.